The van der Waals surface area contributed by atoms with Crippen LogP contribution in [0.5, 0.6) is 0 Å². The molecule has 0 aromatic rings. The van der Waals surface area contributed by atoms with Gasteiger partial charge in [0, 0.05) is 6.61 Å². The van der Waals surface area contributed by atoms with Gasteiger partial charge in [-0.05, 0) is 19.8 Å². The Morgan fingerprint density at radius 1 is 1.75 bits per heavy atom. The molecule has 0 spiro atoms. The molecule has 1 aliphatic heterocycles. The zero-order valence-corrected chi connectivity index (χ0v) is 7.29. The average molecular weight is 173 g/mol. The van der Waals surface area contributed by atoms with Crippen LogP contribution in [0.15, 0.2) is 0 Å². The van der Waals surface area contributed by atoms with Gasteiger partial charge < -0.3 is 9.47 Å². The summed E-state index contributed by atoms with van der Waals surface area (Å²) in [6.45, 7) is 2.58. The zero-order valence-electron chi connectivity index (χ0n) is 7.29. The van der Waals surface area contributed by atoms with Gasteiger partial charge in [0.15, 0.2) is 0 Å². The van der Waals surface area contributed by atoms with E-state index in [9.17, 15) is 4.79 Å². The lowest BCUT2D eigenvalue weighted by atomic mass is 9.96. The number of hydrogen-bond acceptors (Lipinski definition) is 4. The summed E-state index contributed by atoms with van der Waals surface area (Å²) in [4.78, 5) is 11.2. The van der Waals surface area contributed by atoms with Crippen molar-refractivity contribution in [1.29, 1.82) is 0 Å². The normalized spacial score (nSPS) is 29.8. The Morgan fingerprint density at radius 3 is 3.08 bits per heavy atom. The van der Waals surface area contributed by atoms with E-state index in [-0.39, 0.29) is 24.7 Å². The minimum absolute atomic E-state index is 0.0164. The summed E-state index contributed by atoms with van der Waals surface area (Å²) in [5, 5.41) is 0. The molecule has 0 aromatic carbocycles. The molecule has 1 rings (SSSR count). The summed E-state index contributed by atoms with van der Waals surface area (Å²) in [5.74, 6) is -0.204. The largest absolute Gasteiger partial charge is 0.450 e. The Morgan fingerprint density at radius 2 is 2.50 bits per heavy atom. The van der Waals surface area contributed by atoms with Gasteiger partial charge in [-0.3, -0.25) is 10.5 Å². The lowest BCUT2D eigenvalue weighted by Crippen LogP contribution is -2.30. The molecule has 4 nitrogen and oxygen atoms in total. The van der Waals surface area contributed by atoms with Crippen LogP contribution in [0.25, 0.3) is 0 Å². The molecule has 1 fully saturated rings. The first-order valence-corrected chi connectivity index (χ1v) is 4.22. The Balaban J connectivity index is 2.35. The van der Waals surface area contributed by atoms with Crippen molar-refractivity contribution in [2.24, 2.45) is 11.7 Å². The Kier molecular flexibility index (Phi) is 3.49. The van der Waals surface area contributed by atoms with Crippen molar-refractivity contribution in [1.82, 2.24) is 0 Å². The van der Waals surface area contributed by atoms with Gasteiger partial charge in [-0.15, -0.1) is 0 Å². The lowest BCUT2D eigenvalue weighted by molar-refractivity contribution is -0.153. The summed E-state index contributed by atoms with van der Waals surface area (Å²) >= 11 is 0. The molecular formula is C8H15NO3. The number of carbonyl (C=O) groups excluding carboxylic acids is 1. The lowest BCUT2D eigenvalue weighted by Gasteiger charge is -2.25. The molecule has 2 N–H and O–H groups in total. The highest BCUT2D eigenvalue weighted by Gasteiger charge is 2.26. The van der Waals surface area contributed by atoms with Crippen LogP contribution in [-0.2, 0) is 14.3 Å². The Bertz CT molecular complexity index is 160. The Hall–Kier alpha value is -0.610. The molecule has 0 amide bonds. The summed E-state index contributed by atoms with van der Waals surface area (Å²) in [6.07, 6.45) is 1.66. The van der Waals surface area contributed by atoms with E-state index in [1.165, 1.54) is 0 Å². The predicted octanol–water partition coefficient (Wildman–Crippen LogP) is 0.261. The van der Waals surface area contributed by atoms with E-state index in [1.807, 2.05) is 6.92 Å². The molecule has 0 radical (unpaired) electrons. The summed E-state index contributed by atoms with van der Waals surface area (Å²) in [7, 11) is 0. The summed E-state index contributed by atoms with van der Waals surface area (Å²) in [5.41, 5.74) is 5.10. The Labute approximate surface area is 72.0 Å². The highest BCUT2D eigenvalue weighted by molar-refractivity contribution is 5.72. The quantitative estimate of drug-likeness (QED) is 0.480. The molecule has 0 saturated carbocycles. The van der Waals surface area contributed by atoms with E-state index in [0.717, 1.165) is 12.8 Å². The van der Waals surface area contributed by atoms with Crippen molar-refractivity contribution in [2.75, 3.05) is 13.3 Å². The minimum atomic E-state index is -0.187. The second kappa shape index (κ2) is 4.42. The minimum Gasteiger partial charge on any atom is -0.450 e. The van der Waals surface area contributed by atoms with Crippen molar-refractivity contribution in [3.8, 4) is 0 Å². The fraction of sp³-hybridized carbons (Fsp3) is 0.875. The third-order valence-corrected chi connectivity index (χ3v) is 2.04. The molecule has 70 valence electrons. The zero-order chi connectivity index (χ0) is 8.97. The molecule has 0 aliphatic carbocycles. The van der Waals surface area contributed by atoms with Crippen LogP contribution < -0.4 is 5.73 Å². The highest BCUT2D eigenvalue weighted by atomic mass is 16.5. The topological polar surface area (TPSA) is 61.5 Å². The van der Waals surface area contributed by atoms with Crippen molar-refractivity contribution in [3.05, 3.63) is 0 Å². The van der Waals surface area contributed by atoms with Gasteiger partial charge in [-0.25, -0.2) is 0 Å². The van der Waals surface area contributed by atoms with Crippen LogP contribution >= 0.6 is 0 Å². The third kappa shape index (κ3) is 2.46. The number of ether oxygens (including phenoxy) is 2. The van der Waals surface area contributed by atoms with E-state index in [1.54, 1.807) is 0 Å². The third-order valence-electron chi connectivity index (χ3n) is 2.04. The van der Waals surface area contributed by atoms with Gasteiger partial charge in [-0.2, -0.15) is 0 Å². The van der Waals surface area contributed by atoms with Gasteiger partial charge in [0.25, 0.3) is 0 Å². The first-order chi connectivity index (χ1) is 5.74. The molecule has 1 saturated heterocycles. The first-order valence-electron chi connectivity index (χ1n) is 4.22. The smallest absolute Gasteiger partial charge is 0.310 e. The van der Waals surface area contributed by atoms with Gasteiger partial charge in [0.2, 0.25) is 0 Å². The van der Waals surface area contributed by atoms with Crippen molar-refractivity contribution >= 4 is 5.97 Å². The molecule has 2 atom stereocenters. The monoisotopic (exact) mass is 173 g/mol. The number of carbonyl (C=O) groups is 1. The fourth-order valence-corrected chi connectivity index (χ4v) is 1.41. The van der Waals surface area contributed by atoms with Crippen LogP contribution in [0.1, 0.15) is 19.8 Å². The number of nitrogens with two attached hydrogens (primary N) is 1. The molecule has 0 bridgehead atoms. The predicted molar refractivity (Wildman–Crippen MR) is 43.3 cm³/mol. The second-order valence-corrected chi connectivity index (χ2v) is 3.03. The fourth-order valence-electron chi connectivity index (χ4n) is 1.41. The standard InChI is InChI=1S/C8H15NO3/c1-6-4-7(2-3-11-6)8(10)12-5-9/h6-7H,2-5,9H2,1H3. The molecule has 4 heteroatoms. The van der Waals surface area contributed by atoms with Crippen molar-refractivity contribution < 1.29 is 14.3 Å². The molecule has 1 aliphatic rings. The molecule has 0 aromatic heterocycles. The van der Waals surface area contributed by atoms with Gasteiger partial charge in [0.05, 0.1) is 12.0 Å². The molecule has 1 heterocycles. The van der Waals surface area contributed by atoms with Gasteiger partial charge in [0.1, 0.15) is 6.73 Å². The summed E-state index contributed by atoms with van der Waals surface area (Å²) in [6, 6.07) is 0. The second-order valence-electron chi connectivity index (χ2n) is 3.03. The van der Waals surface area contributed by atoms with E-state index < -0.39 is 0 Å². The summed E-state index contributed by atoms with van der Waals surface area (Å²) < 4.78 is 10.0. The van der Waals surface area contributed by atoms with Gasteiger partial charge >= 0.3 is 5.97 Å². The maximum absolute atomic E-state index is 11.2. The van der Waals surface area contributed by atoms with Crippen molar-refractivity contribution in [2.45, 2.75) is 25.9 Å². The van der Waals surface area contributed by atoms with E-state index in [0.29, 0.717) is 6.61 Å². The van der Waals surface area contributed by atoms with Crippen molar-refractivity contribution in [3.63, 3.8) is 0 Å². The molecule has 12 heavy (non-hydrogen) atoms. The number of esters is 1. The SMILES string of the molecule is CC1CC(C(=O)OCN)CCO1. The van der Waals surface area contributed by atoms with Gasteiger partial charge in [-0.1, -0.05) is 0 Å². The van der Waals surface area contributed by atoms with E-state index in [4.69, 9.17) is 15.2 Å². The highest BCUT2D eigenvalue weighted by Crippen LogP contribution is 2.20. The van der Waals surface area contributed by atoms with Crippen LogP contribution in [-0.4, -0.2) is 25.4 Å². The number of hydrogen-bond donors (Lipinski definition) is 1. The maximum Gasteiger partial charge on any atom is 0.310 e. The van der Waals surface area contributed by atoms with E-state index >= 15 is 0 Å². The molecule has 2 unspecified atom stereocenters. The maximum atomic E-state index is 11.2. The van der Waals surface area contributed by atoms with E-state index in [2.05, 4.69) is 0 Å². The average Bonchev–Trinajstić information content (AvgIpc) is 2.05. The number of rotatable bonds is 2. The molecular weight excluding hydrogens is 158 g/mol. The van der Waals surface area contributed by atoms with Crippen LogP contribution in [0.4, 0.5) is 0 Å². The van der Waals surface area contributed by atoms with Crippen LogP contribution in [0, 0.1) is 5.92 Å². The van der Waals surface area contributed by atoms with Crippen LogP contribution in [0.2, 0.25) is 0 Å². The van der Waals surface area contributed by atoms with Crippen LogP contribution in [0.3, 0.4) is 0 Å². The first kappa shape index (κ1) is 9.48.